The number of halogens is 1. The lowest BCUT2D eigenvalue weighted by Gasteiger charge is -2.19. The Balaban J connectivity index is 0.00000243. The average molecular weight is 464 g/mol. The Kier molecular flexibility index (Phi) is 7.02. The van der Waals surface area contributed by atoms with Gasteiger partial charge in [-0.15, -0.1) is 24.0 Å². The van der Waals surface area contributed by atoms with Crippen molar-refractivity contribution in [2.45, 2.75) is 24.8 Å². The smallest absolute Gasteiger partial charge is 0.248 e. The van der Waals surface area contributed by atoms with Crippen molar-refractivity contribution in [3.05, 3.63) is 71.3 Å². The van der Waals surface area contributed by atoms with Gasteiger partial charge in [0.15, 0.2) is 5.96 Å². The van der Waals surface area contributed by atoms with E-state index in [0.29, 0.717) is 12.1 Å². The predicted octanol–water partition coefficient (Wildman–Crippen LogP) is 2.80. The van der Waals surface area contributed by atoms with Crippen LogP contribution in [0.1, 0.15) is 34.3 Å². The molecule has 1 fully saturated rings. The second kappa shape index (κ2) is 9.02. The minimum absolute atomic E-state index is 0. The SMILES string of the molecule is CN=C(NCc1ccc(C(N)=O)cc1)NCC1(c2ccccc2)CC1.I. The molecule has 1 saturated carbocycles. The molecule has 0 atom stereocenters. The third kappa shape index (κ3) is 4.97. The summed E-state index contributed by atoms with van der Waals surface area (Å²) in [6.07, 6.45) is 2.41. The van der Waals surface area contributed by atoms with Gasteiger partial charge in [-0.3, -0.25) is 9.79 Å². The first-order valence-electron chi connectivity index (χ1n) is 8.52. The van der Waals surface area contributed by atoms with Crippen LogP contribution in [0.15, 0.2) is 59.6 Å². The number of primary amides is 1. The van der Waals surface area contributed by atoms with Crippen LogP contribution in [0.3, 0.4) is 0 Å². The molecular weight excluding hydrogens is 439 g/mol. The monoisotopic (exact) mass is 464 g/mol. The number of amides is 1. The molecule has 0 radical (unpaired) electrons. The van der Waals surface area contributed by atoms with Crippen LogP contribution in [0, 0.1) is 0 Å². The normalized spacial score (nSPS) is 14.9. The van der Waals surface area contributed by atoms with Gasteiger partial charge in [-0.2, -0.15) is 0 Å². The molecule has 0 bridgehead atoms. The van der Waals surface area contributed by atoms with Gasteiger partial charge in [0, 0.05) is 31.1 Å². The first kappa shape index (κ1) is 20.2. The third-order valence-corrected chi connectivity index (χ3v) is 4.76. The van der Waals surface area contributed by atoms with E-state index in [9.17, 15) is 4.79 Å². The fourth-order valence-electron chi connectivity index (χ4n) is 2.96. The van der Waals surface area contributed by atoms with Gasteiger partial charge < -0.3 is 16.4 Å². The quantitative estimate of drug-likeness (QED) is 0.350. The molecule has 26 heavy (non-hydrogen) atoms. The summed E-state index contributed by atoms with van der Waals surface area (Å²) in [4.78, 5) is 15.4. The molecule has 0 heterocycles. The number of nitrogens with zero attached hydrogens (tertiary/aromatic N) is 1. The van der Waals surface area contributed by atoms with E-state index in [0.717, 1.165) is 18.1 Å². The van der Waals surface area contributed by atoms with Crippen molar-refractivity contribution in [1.29, 1.82) is 0 Å². The number of carbonyl (C=O) groups excluding carboxylic acids is 1. The van der Waals surface area contributed by atoms with Gasteiger partial charge >= 0.3 is 0 Å². The molecule has 1 aliphatic rings. The Morgan fingerprint density at radius 1 is 1.08 bits per heavy atom. The Labute approximate surface area is 171 Å². The molecule has 1 aliphatic carbocycles. The number of aliphatic imine (C=N–C) groups is 1. The zero-order valence-corrected chi connectivity index (χ0v) is 17.2. The summed E-state index contributed by atoms with van der Waals surface area (Å²) in [5, 5.41) is 6.74. The van der Waals surface area contributed by atoms with E-state index >= 15 is 0 Å². The number of hydrogen-bond acceptors (Lipinski definition) is 2. The summed E-state index contributed by atoms with van der Waals surface area (Å²) in [6, 6.07) is 17.9. The molecule has 6 heteroatoms. The molecule has 0 aliphatic heterocycles. The molecule has 138 valence electrons. The van der Waals surface area contributed by atoms with E-state index in [4.69, 9.17) is 5.73 Å². The van der Waals surface area contributed by atoms with Crippen molar-refractivity contribution >= 4 is 35.8 Å². The molecule has 3 rings (SSSR count). The highest BCUT2D eigenvalue weighted by molar-refractivity contribution is 14.0. The predicted molar refractivity (Wildman–Crippen MR) is 116 cm³/mol. The van der Waals surface area contributed by atoms with Gasteiger partial charge in [-0.05, 0) is 36.1 Å². The number of rotatable bonds is 6. The van der Waals surface area contributed by atoms with E-state index < -0.39 is 5.91 Å². The maximum atomic E-state index is 11.1. The van der Waals surface area contributed by atoms with Gasteiger partial charge in [0.2, 0.25) is 5.91 Å². The summed E-state index contributed by atoms with van der Waals surface area (Å²) in [5.41, 5.74) is 8.47. The van der Waals surface area contributed by atoms with Crippen LogP contribution >= 0.6 is 24.0 Å². The Hall–Kier alpha value is -2.09. The lowest BCUT2D eigenvalue weighted by atomic mass is 9.96. The molecule has 0 saturated heterocycles. The van der Waals surface area contributed by atoms with Crippen LogP contribution in [0.5, 0.6) is 0 Å². The zero-order valence-electron chi connectivity index (χ0n) is 14.9. The van der Waals surface area contributed by atoms with Crippen LogP contribution < -0.4 is 16.4 Å². The summed E-state index contributed by atoms with van der Waals surface area (Å²) in [6.45, 7) is 1.51. The standard InChI is InChI=1S/C20H24N4O.HI/c1-22-19(23-13-15-7-9-16(10-8-15)18(21)25)24-14-20(11-12-20)17-5-3-2-4-6-17;/h2-10H,11-14H2,1H3,(H2,21,25)(H2,22,23,24);1H. The molecule has 2 aromatic carbocycles. The molecule has 1 amide bonds. The number of hydrogen-bond donors (Lipinski definition) is 3. The summed E-state index contributed by atoms with van der Waals surface area (Å²) in [5.74, 6) is 0.369. The van der Waals surface area contributed by atoms with Crippen molar-refractivity contribution < 1.29 is 4.79 Å². The highest BCUT2D eigenvalue weighted by Gasteiger charge is 2.43. The molecule has 2 aromatic rings. The molecule has 0 spiro atoms. The first-order chi connectivity index (χ1) is 12.1. The molecule has 0 unspecified atom stereocenters. The summed E-state index contributed by atoms with van der Waals surface area (Å²) in [7, 11) is 1.77. The van der Waals surface area contributed by atoms with Gasteiger partial charge in [0.05, 0.1) is 0 Å². The molecule has 5 nitrogen and oxygen atoms in total. The zero-order chi connectivity index (χ0) is 17.7. The van der Waals surface area contributed by atoms with E-state index in [1.54, 1.807) is 19.2 Å². The number of carbonyl (C=O) groups is 1. The van der Waals surface area contributed by atoms with Crippen molar-refractivity contribution in [2.24, 2.45) is 10.7 Å². The minimum Gasteiger partial charge on any atom is -0.366 e. The topological polar surface area (TPSA) is 79.5 Å². The highest BCUT2D eigenvalue weighted by Crippen LogP contribution is 2.47. The maximum absolute atomic E-state index is 11.1. The summed E-state index contributed by atoms with van der Waals surface area (Å²) >= 11 is 0. The van der Waals surface area contributed by atoms with Crippen molar-refractivity contribution in [3.8, 4) is 0 Å². The fraction of sp³-hybridized carbons (Fsp3) is 0.300. The molecule has 4 N–H and O–H groups in total. The molecule has 0 aromatic heterocycles. The third-order valence-electron chi connectivity index (χ3n) is 4.76. The number of nitrogens with two attached hydrogens (primary N) is 1. The largest absolute Gasteiger partial charge is 0.366 e. The van der Waals surface area contributed by atoms with Crippen molar-refractivity contribution in [1.82, 2.24) is 10.6 Å². The van der Waals surface area contributed by atoms with Crippen LogP contribution in [-0.2, 0) is 12.0 Å². The average Bonchev–Trinajstić information content (AvgIpc) is 3.44. The van der Waals surface area contributed by atoms with Gasteiger partial charge in [0.25, 0.3) is 0 Å². The fourth-order valence-corrected chi connectivity index (χ4v) is 2.96. The van der Waals surface area contributed by atoms with E-state index in [1.165, 1.54) is 18.4 Å². The van der Waals surface area contributed by atoms with E-state index in [1.807, 2.05) is 12.1 Å². The number of guanidine groups is 1. The lowest BCUT2D eigenvalue weighted by Crippen LogP contribution is -2.40. The minimum atomic E-state index is -0.410. The first-order valence-corrected chi connectivity index (χ1v) is 8.52. The Morgan fingerprint density at radius 2 is 1.73 bits per heavy atom. The van der Waals surface area contributed by atoms with Crippen LogP contribution in [-0.4, -0.2) is 25.5 Å². The van der Waals surface area contributed by atoms with Gasteiger partial charge in [0.1, 0.15) is 0 Å². The van der Waals surface area contributed by atoms with Crippen molar-refractivity contribution in [2.75, 3.05) is 13.6 Å². The van der Waals surface area contributed by atoms with Crippen LogP contribution in [0.25, 0.3) is 0 Å². The van der Waals surface area contributed by atoms with E-state index in [-0.39, 0.29) is 29.4 Å². The van der Waals surface area contributed by atoms with E-state index in [2.05, 4.69) is 46.0 Å². The van der Waals surface area contributed by atoms with Crippen molar-refractivity contribution in [3.63, 3.8) is 0 Å². The number of nitrogens with one attached hydrogen (secondary N) is 2. The Morgan fingerprint density at radius 3 is 2.27 bits per heavy atom. The van der Waals surface area contributed by atoms with Crippen LogP contribution in [0.2, 0.25) is 0 Å². The second-order valence-electron chi connectivity index (χ2n) is 6.49. The highest BCUT2D eigenvalue weighted by atomic mass is 127. The maximum Gasteiger partial charge on any atom is 0.248 e. The second-order valence-corrected chi connectivity index (χ2v) is 6.49. The van der Waals surface area contributed by atoms with Crippen LogP contribution in [0.4, 0.5) is 0 Å². The molecular formula is C20H25IN4O. The van der Waals surface area contributed by atoms with Gasteiger partial charge in [-0.1, -0.05) is 42.5 Å². The Bertz CT molecular complexity index is 755. The lowest BCUT2D eigenvalue weighted by molar-refractivity contribution is 0.100. The van der Waals surface area contributed by atoms with Gasteiger partial charge in [-0.25, -0.2) is 0 Å². The summed E-state index contributed by atoms with van der Waals surface area (Å²) < 4.78 is 0. The number of benzene rings is 2.